The van der Waals surface area contributed by atoms with E-state index in [9.17, 15) is 4.79 Å². The summed E-state index contributed by atoms with van der Waals surface area (Å²) in [6.45, 7) is 2.83. The fraction of sp³-hybridized carbons (Fsp3) is 0.207. The zero-order valence-electron chi connectivity index (χ0n) is 19.9. The molecular weight excluding hydrogens is 426 g/mol. The SMILES string of the molecule is COC(=O)c1cc(-c2cc(CN[C@H](C)c3cccc(OC)c3)cc3ccccc23)ccc1OC. The fourth-order valence-electron chi connectivity index (χ4n) is 4.16. The fourth-order valence-corrected chi connectivity index (χ4v) is 4.16. The van der Waals surface area contributed by atoms with Crippen LogP contribution in [-0.4, -0.2) is 27.3 Å². The molecule has 1 N–H and O–H groups in total. The number of benzene rings is 4. The second kappa shape index (κ2) is 10.4. The van der Waals surface area contributed by atoms with Gasteiger partial charge in [0.2, 0.25) is 0 Å². The van der Waals surface area contributed by atoms with E-state index in [1.807, 2.05) is 42.5 Å². The molecule has 34 heavy (non-hydrogen) atoms. The standard InChI is InChI=1S/C29H29NO4/c1-19(21-9-7-10-24(16-21)32-2)30-18-20-14-22-8-5-6-11-25(22)26(15-20)23-12-13-28(33-3)27(17-23)29(31)34-4/h5-17,19,30H,18H2,1-4H3/t19-/m1/s1. The van der Waals surface area contributed by atoms with Crippen LogP contribution >= 0.6 is 0 Å². The van der Waals surface area contributed by atoms with Crippen molar-refractivity contribution in [3.05, 3.63) is 95.6 Å². The number of hydrogen-bond donors (Lipinski definition) is 1. The predicted octanol–water partition coefficient (Wildman–Crippen LogP) is 6.16. The van der Waals surface area contributed by atoms with Crippen LogP contribution in [0.3, 0.4) is 0 Å². The van der Waals surface area contributed by atoms with Gasteiger partial charge in [0.15, 0.2) is 0 Å². The van der Waals surface area contributed by atoms with Gasteiger partial charge >= 0.3 is 5.97 Å². The summed E-state index contributed by atoms with van der Waals surface area (Å²) < 4.78 is 15.7. The van der Waals surface area contributed by atoms with E-state index in [4.69, 9.17) is 14.2 Å². The zero-order valence-corrected chi connectivity index (χ0v) is 19.9. The summed E-state index contributed by atoms with van der Waals surface area (Å²) in [6, 6.07) is 26.5. The first-order chi connectivity index (χ1) is 16.5. The first-order valence-corrected chi connectivity index (χ1v) is 11.2. The lowest BCUT2D eigenvalue weighted by Gasteiger charge is -2.17. The summed E-state index contributed by atoms with van der Waals surface area (Å²) in [5, 5.41) is 5.88. The quantitative estimate of drug-likeness (QED) is 0.322. The first-order valence-electron chi connectivity index (χ1n) is 11.2. The summed E-state index contributed by atoms with van der Waals surface area (Å²) in [5.41, 5.74) is 4.70. The minimum Gasteiger partial charge on any atom is -0.497 e. The average molecular weight is 456 g/mol. The smallest absolute Gasteiger partial charge is 0.341 e. The molecule has 0 saturated carbocycles. The van der Waals surface area contributed by atoms with Gasteiger partial charge in [0.1, 0.15) is 17.1 Å². The van der Waals surface area contributed by atoms with E-state index in [-0.39, 0.29) is 6.04 Å². The third kappa shape index (κ3) is 4.90. The topological polar surface area (TPSA) is 56.8 Å². The minimum absolute atomic E-state index is 0.150. The lowest BCUT2D eigenvalue weighted by atomic mass is 9.94. The van der Waals surface area contributed by atoms with Crippen LogP contribution in [0.4, 0.5) is 0 Å². The normalized spacial score (nSPS) is 11.8. The molecule has 0 fully saturated rings. The molecule has 0 unspecified atom stereocenters. The van der Waals surface area contributed by atoms with Crippen LogP contribution in [0.1, 0.15) is 34.5 Å². The van der Waals surface area contributed by atoms with Gasteiger partial charge in [-0.15, -0.1) is 0 Å². The Labute approximate surface area is 200 Å². The molecule has 0 spiro atoms. The summed E-state index contributed by atoms with van der Waals surface area (Å²) in [6.07, 6.45) is 0. The number of rotatable bonds is 8. The molecule has 0 amide bonds. The van der Waals surface area contributed by atoms with Crippen molar-refractivity contribution in [1.82, 2.24) is 5.32 Å². The number of hydrogen-bond acceptors (Lipinski definition) is 5. The summed E-state index contributed by atoms with van der Waals surface area (Å²) >= 11 is 0. The third-order valence-electron chi connectivity index (χ3n) is 6.04. The van der Waals surface area contributed by atoms with E-state index in [1.165, 1.54) is 12.7 Å². The van der Waals surface area contributed by atoms with Crippen molar-refractivity contribution in [2.75, 3.05) is 21.3 Å². The molecule has 174 valence electrons. The van der Waals surface area contributed by atoms with E-state index in [0.29, 0.717) is 17.9 Å². The number of nitrogens with one attached hydrogen (secondary N) is 1. The Balaban J connectivity index is 1.69. The van der Waals surface area contributed by atoms with Gasteiger partial charge in [-0.3, -0.25) is 0 Å². The summed E-state index contributed by atoms with van der Waals surface area (Å²) in [5.74, 6) is 0.915. The molecule has 1 atom stereocenters. The first kappa shape index (κ1) is 23.3. The van der Waals surface area contributed by atoms with Gasteiger partial charge in [-0.05, 0) is 76.3 Å². The molecular formula is C29H29NO4. The maximum absolute atomic E-state index is 12.3. The largest absolute Gasteiger partial charge is 0.497 e. The Kier molecular flexibility index (Phi) is 7.14. The molecule has 4 rings (SSSR count). The number of ether oxygens (including phenoxy) is 3. The van der Waals surface area contributed by atoms with Crippen LogP contribution in [0.5, 0.6) is 11.5 Å². The lowest BCUT2D eigenvalue weighted by molar-refractivity contribution is 0.0597. The van der Waals surface area contributed by atoms with Crippen molar-refractivity contribution in [1.29, 1.82) is 0 Å². The molecule has 0 bridgehead atoms. The number of carbonyl (C=O) groups excluding carboxylic acids is 1. The molecule has 4 aromatic rings. The average Bonchev–Trinajstić information content (AvgIpc) is 2.90. The van der Waals surface area contributed by atoms with Gasteiger partial charge < -0.3 is 19.5 Å². The van der Waals surface area contributed by atoms with Gasteiger partial charge in [0.05, 0.1) is 21.3 Å². The number of carbonyl (C=O) groups is 1. The van der Waals surface area contributed by atoms with Crippen LogP contribution in [0.25, 0.3) is 21.9 Å². The molecule has 0 aliphatic rings. The Morgan fingerprint density at radius 1 is 0.882 bits per heavy atom. The van der Waals surface area contributed by atoms with E-state index in [2.05, 4.69) is 48.6 Å². The van der Waals surface area contributed by atoms with Crippen LogP contribution < -0.4 is 14.8 Å². The van der Waals surface area contributed by atoms with Gasteiger partial charge in [0, 0.05) is 12.6 Å². The maximum atomic E-state index is 12.3. The molecule has 0 radical (unpaired) electrons. The van der Waals surface area contributed by atoms with Crippen molar-refractivity contribution >= 4 is 16.7 Å². The van der Waals surface area contributed by atoms with Gasteiger partial charge in [-0.25, -0.2) is 4.79 Å². The van der Waals surface area contributed by atoms with Crippen molar-refractivity contribution in [2.45, 2.75) is 19.5 Å². The predicted molar refractivity (Wildman–Crippen MR) is 136 cm³/mol. The molecule has 0 saturated heterocycles. The van der Waals surface area contributed by atoms with Crippen molar-refractivity contribution in [3.63, 3.8) is 0 Å². The number of fused-ring (bicyclic) bond motifs is 1. The second-order valence-corrected chi connectivity index (χ2v) is 8.15. The van der Waals surface area contributed by atoms with Gasteiger partial charge in [-0.1, -0.05) is 42.5 Å². The lowest BCUT2D eigenvalue weighted by Crippen LogP contribution is -2.18. The van der Waals surface area contributed by atoms with Crippen LogP contribution in [-0.2, 0) is 11.3 Å². The molecule has 0 aromatic heterocycles. The second-order valence-electron chi connectivity index (χ2n) is 8.15. The number of methoxy groups -OCH3 is 3. The highest BCUT2D eigenvalue weighted by molar-refractivity contribution is 6.00. The zero-order chi connectivity index (χ0) is 24.1. The van der Waals surface area contributed by atoms with E-state index >= 15 is 0 Å². The Bertz CT molecular complexity index is 1310. The van der Waals surface area contributed by atoms with Gasteiger partial charge in [-0.2, -0.15) is 0 Å². The molecule has 0 heterocycles. The van der Waals surface area contributed by atoms with E-state index in [0.717, 1.165) is 33.2 Å². The maximum Gasteiger partial charge on any atom is 0.341 e. The minimum atomic E-state index is -0.423. The Hall–Kier alpha value is -3.83. The van der Waals surface area contributed by atoms with Crippen LogP contribution in [0.15, 0.2) is 78.9 Å². The van der Waals surface area contributed by atoms with E-state index in [1.54, 1.807) is 14.2 Å². The molecule has 4 aromatic carbocycles. The third-order valence-corrected chi connectivity index (χ3v) is 6.04. The molecule has 5 nitrogen and oxygen atoms in total. The number of esters is 1. The van der Waals surface area contributed by atoms with Gasteiger partial charge in [0.25, 0.3) is 0 Å². The van der Waals surface area contributed by atoms with Crippen LogP contribution in [0, 0.1) is 0 Å². The molecule has 5 heteroatoms. The summed E-state index contributed by atoms with van der Waals surface area (Å²) in [7, 11) is 4.60. The monoisotopic (exact) mass is 455 g/mol. The highest BCUT2D eigenvalue weighted by Crippen LogP contribution is 2.33. The highest BCUT2D eigenvalue weighted by Gasteiger charge is 2.16. The highest BCUT2D eigenvalue weighted by atomic mass is 16.5. The van der Waals surface area contributed by atoms with Crippen LogP contribution in [0.2, 0.25) is 0 Å². The molecule has 0 aliphatic heterocycles. The van der Waals surface area contributed by atoms with Crippen molar-refractivity contribution in [2.24, 2.45) is 0 Å². The van der Waals surface area contributed by atoms with E-state index < -0.39 is 5.97 Å². The van der Waals surface area contributed by atoms with Crippen molar-refractivity contribution in [3.8, 4) is 22.6 Å². The Morgan fingerprint density at radius 2 is 1.71 bits per heavy atom. The van der Waals surface area contributed by atoms with Crippen molar-refractivity contribution < 1.29 is 19.0 Å². The molecule has 0 aliphatic carbocycles. The Morgan fingerprint density at radius 3 is 2.47 bits per heavy atom. The summed E-state index contributed by atoms with van der Waals surface area (Å²) in [4.78, 5) is 12.3.